The Balaban J connectivity index is 2.10. The van der Waals surface area contributed by atoms with E-state index in [2.05, 4.69) is 20.3 Å². The molecule has 0 amide bonds. The quantitative estimate of drug-likeness (QED) is 0.139. The van der Waals surface area contributed by atoms with Crippen LogP contribution < -0.4 is 0 Å². The molecule has 0 aromatic heterocycles. The predicted molar refractivity (Wildman–Crippen MR) is 118 cm³/mol. The van der Waals surface area contributed by atoms with Crippen molar-refractivity contribution in [2.75, 3.05) is 0 Å². The smallest absolute Gasteiger partial charge is 0.258 e. The van der Waals surface area contributed by atoms with Crippen LogP contribution in [0, 0.1) is 10.1 Å². The molecular weight excluding hydrogens is 500 g/mol. The largest absolute Gasteiger partial charge is 0.285 e. The highest BCUT2D eigenvalue weighted by atomic mass is 79.9. The van der Waals surface area contributed by atoms with Gasteiger partial charge in [-0.15, -0.1) is 0 Å². The van der Waals surface area contributed by atoms with Gasteiger partial charge < -0.3 is 0 Å². The van der Waals surface area contributed by atoms with E-state index in [1.54, 1.807) is 30.3 Å². The van der Waals surface area contributed by atoms with Crippen LogP contribution in [0.4, 0.5) is 5.69 Å². The summed E-state index contributed by atoms with van der Waals surface area (Å²) in [6.07, 6.45) is 0. The van der Waals surface area contributed by atoms with E-state index in [1.807, 2.05) is 24.3 Å². The number of non-ortho nitro benzene ring substituents is 1. The van der Waals surface area contributed by atoms with Crippen LogP contribution in [-0.4, -0.2) is 18.4 Å². The topological polar surface area (TPSA) is 89.6 Å². The Morgan fingerprint density at radius 1 is 1.03 bits per heavy atom. The SMILES string of the molecule is O=[N+]([O-])c1ccc(Cl)c(S(=O)(=O)/N=C(/Sc2ccc(Br)cc2)c2ccccc2)c1. The first kappa shape index (κ1) is 21.5. The summed E-state index contributed by atoms with van der Waals surface area (Å²) in [5.74, 6) is 0. The Kier molecular flexibility index (Phi) is 6.74. The number of thioether (sulfide) groups is 1. The fourth-order valence-corrected chi connectivity index (χ4v) is 5.16. The summed E-state index contributed by atoms with van der Waals surface area (Å²) >= 11 is 10.5. The number of rotatable bonds is 5. The molecule has 0 spiro atoms. The van der Waals surface area contributed by atoms with Gasteiger partial charge in [-0.25, -0.2) is 0 Å². The van der Waals surface area contributed by atoms with Crippen LogP contribution in [0.3, 0.4) is 0 Å². The molecule has 0 unspecified atom stereocenters. The van der Waals surface area contributed by atoms with Gasteiger partial charge in [0, 0.05) is 27.1 Å². The standard InChI is InChI=1S/C19H12BrClN2O4S2/c20-14-6-9-16(10-7-14)28-19(13-4-2-1-3-5-13)22-29(26,27)18-12-15(23(24)25)8-11-17(18)21/h1-12H/b22-19+. The fourth-order valence-electron chi connectivity index (χ4n) is 2.29. The van der Waals surface area contributed by atoms with Crippen LogP contribution >= 0.6 is 39.3 Å². The van der Waals surface area contributed by atoms with Crippen molar-refractivity contribution in [2.45, 2.75) is 9.79 Å². The molecular formula is C19H12BrClN2O4S2. The lowest BCUT2D eigenvalue weighted by Gasteiger charge is -2.08. The number of halogens is 2. The van der Waals surface area contributed by atoms with Crippen molar-refractivity contribution in [1.82, 2.24) is 0 Å². The highest BCUT2D eigenvalue weighted by Gasteiger charge is 2.23. The molecule has 3 aromatic rings. The molecule has 0 fully saturated rings. The van der Waals surface area contributed by atoms with Crippen LogP contribution in [0.5, 0.6) is 0 Å². The first-order valence-corrected chi connectivity index (χ1v) is 11.5. The van der Waals surface area contributed by atoms with E-state index in [0.29, 0.717) is 5.56 Å². The lowest BCUT2D eigenvalue weighted by molar-refractivity contribution is -0.385. The zero-order valence-electron chi connectivity index (χ0n) is 14.5. The molecule has 0 aliphatic rings. The van der Waals surface area contributed by atoms with Crippen molar-refractivity contribution in [3.8, 4) is 0 Å². The van der Waals surface area contributed by atoms with Crippen molar-refractivity contribution >= 4 is 60.0 Å². The minimum Gasteiger partial charge on any atom is -0.258 e. The molecule has 0 aliphatic carbocycles. The van der Waals surface area contributed by atoms with Crippen molar-refractivity contribution in [3.05, 3.63) is 98.0 Å². The monoisotopic (exact) mass is 510 g/mol. The summed E-state index contributed by atoms with van der Waals surface area (Å²) in [6, 6.07) is 19.3. The number of hydrogen-bond donors (Lipinski definition) is 0. The normalized spacial score (nSPS) is 12.0. The maximum atomic E-state index is 12.9. The number of nitro groups is 1. The van der Waals surface area contributed by atoms with Gasteiger partial charge in [0.15, 0.2) is 0 Å². The van der Waals surface area contributed by atoms with Crippen molar-refractivity contribution in [3.63, 3.8) is 0 Å². The Hall–Kier alpha value is -2.20. The molecule has 0 saturated carbocycles. The Labute approximate surface area is 185 Å². The third kappa shape index (κ3) is 5.45. The van der Waals surface area contributed by atoms with Crippen LogP contribution in [0.1, 0.15) is 5.56 Å². The fraction of sp³-hybridized carbons (Fsp3) is 0. The molecule has 0 radical (unpaired) electrons. The molecule has 0 atom stereocenters. The molecule has 148 valence electrons. The van der Waals surface area contributed by atoms with Crippen LogP contribution in [0.2, 0.25) is 5.02 Å². The summed E-state index contributed by atoms with van der Waals surface area (Å²) in [6.45, 7) is 0. The van der Waals surface area contributed by atoms with Gasteiger partial charge in [-0.2, -0.15) is 12.8 Å². The molecule has 29 heavy (non-hydrogen) atoms. The van der Waals surface area contributed by atoms with E-state index >= 15 is 0 Å². The molecule has 0 heterocycles. The van der Waals surface area contributed by atoms with Crippen LogP contribution in [0.15, 0.2) is 91.5 Å². The number of nitrogens with zero attached hydrogens (tertiary/aromatic N) is 2. The Bertz CT molecular complexity index is 1180. The lowest BCUT2D eigenvalue weighted by Crippen LogP contribution is -2.05. The van der Waals surface area contributed by atoms with E-state index in [9.17, 15) is 18.5 Å². The maximum Gasteiger partial charge on any atom is 0.285 e. The predicted octanol–water partition coefficient (Wildman–Crippen LogP) is 5.94. The average Bonchev–Trinajstić information content (AvgIpc) is 2.69. The van der Waals surface area contributed by atoms with Crippen molar-refractivity contribution < 1.29 is 13.3 Å². The average molecular weight is 512 g/mol. The first-order valence-electron chi connectivity index (χ1n) is 8.04. The summed E-state index contributed by atoms with van der Waals surface area (Å²) in [7, 11) is -4.30. The molecule has 0 bridgehead atoms. The number of nitro benzene ring substituents is 1. The molecule has 0 saturated heterocycles. The second-order valence-corrected chi connectivity index (χ2v) is 9.62. The summed E-state index contributed by atoms with van der Waals surface area (Å²) in [5.41, 5.74) is 0.204. The summed E-state index contributed by atoms with van der Waals surface area (Å²) < 4.78 is 30.7. The van der Waals surface area contributed by atoms with E-state index < -0.39 is 19.8 Å². The second kappa shape index (κ2) is 9.08. The molecule has 0 aliphatic heterocycles. The van der Waals surface area contributed by atoms with Gasteiger partial charge in [0.05, 0.1) is 9.95 Å². The van der Waals surface area contributed by atoms with Crippen LogP contribution in [0.25, 0.3) is 0 Å². The summed E-state index contributed by atoms with van der Waals surface area (Å²) in [5, 5.41) is 11.1. The van der Waals surface area contributed by atoms with Gasteiger partial charge in [0.2, 0.25) is 0 Å². The molecule has 6 nitrogen and oxygen atoms in total. The maximum absolute atomic E-state index is 12.9. The van der Waals surface area contributed by atoms with E-state index in [0.717, 1.165) is 33.3 Å². The van der Waals surface area contributed by atoms with Gasteiger partial charge in [0.25, 0.3) is 15.7 Å². The lowest BCUT2D eigenvalue weighted by atomic mass is 10.2. The highest BCUT2D eigenvalue weighted by molar-refractivity contribution is 9.10. The Morgan fingerprint density at radius 2 is 1.69 bits per heavy atom. The zero-order valence-corrected chi connectivity index (χ0v) is 18.5. The molecule has 3 aromatic carbocycles. The molecule has 0 N–H and O–H groups in total. The third-order valence-electron chi connectivity index (χ3n) is 3.66. The Morgan fingerprint density at radius 3 is 2.31 bits per heavy atom. The van der Waals surface area contributed by atoms with E-state index in [1.165, 1.54) is 6.07 Å². The minimum atomic E-state index is -4.30. The number of hydrogen-bond acceptors (Lipinski definition) is 5. The number of benzene rings is 3. The second-order valence-electron chi connectivity index (χ2n) is 5.67. The van der Waals surface area contributed by atoms with Crippen molar-refractivity contribution in [2.24, 2.45) is 4.40 Å². The van der Waals surface area contributed by atoms with Crippen molar-refractivity contribution in [1.29, 1.82) is 0 Å². The van der Waals surface area contributed by atoms with Gasteiger partial charge in [-0.1, -0.05) is 69.6 Å². The van der Waals surface area contributed by atoms with Gasteiger partial charge in [-0.05, 0) is 30.3 Å². The van der Waals surface area contributed by atoms with Gasteiger partial charge in [0.1, 0.15) is 9.94 Å². The van der Waals surface area contributed by atoms with E-state index in [4.69, 9.17) is 11.6 Å². The zero-order chi connectivity index (χ0) is 21.0. The highest BCUT2D eigenvalue weighted by Crippen LogP contribution is 2.31. The van der Waals surface area contributed by atoms with Crippen LogP contribution in [-0.2, 0) is 10.0 Å². The number of sulfonamides is 1. The van der Waals surface area contributed by atoms with Gasteiger partial charge in [-0.3, -0.25) is 10.1 Å². The summed E-state index contributed by atoms with van der Waals surface area (Å²) in [4.78, 5) is 10.7. The van der Waals surface area contributed by atoms with E-state index in [-0.39, 0.29) is 15.8 Å². The first-order chi connectivity index (χ1) is 13.8. The minimum absolute atomic E-state index is 0.139. The molecule has 10 heteroatoms. The third-order valence-corrected chi connectivity index (χ3v) is 7.09. The van der Waals surface area contributed by atoms with Gasteiger partial charge >= 0.3 is 0 Å². The molecule has 3 rings (SSSR count).